The van der Waals surface area contributed by atoms with Crippen molar-refractivity contribution in [3.05, 3.63) is 32.9 Å². The van der Waals surface area contributed by atoms with E-state index in [-0.39, 0.29) is 11.4 Å². The summed E-state index contributed by atoms with van der Waals surface area (Å²) in [6, 6.07) is 0. The standard InChI is InChI=1S/C12H13BrN4OS/c13-8-7-15-17-9(8)10(18)16-12(3-1-2-4-12)11-14-5-6-19-11/h5-7H,1-4H2,(H,15,17)(H,16,18). The van der Waals surface area contributed by atoms with Gasteiger partial charge < -0.3 is 5.32 Å². The normalized spacial score (nSPS) is 17.5. The number of halogens is 1. The number of thiazole rings is 1. The minimum absolute atomic E-state index is 0.138. The van der Waals surface area contributed by atoms with Gasteiger partial charge in [-0.15, -0.1) is 11.3 Å². The lowest BCUT2D eigenvalue weighted by atomic mass is 9.98. The summed E-state index contributed by atoms with van der Waals surface area (Å²) in [5.74, 6) is -0.138. The van der Waals surface area contributed by atoms with Crippen LogP contribution in [0.1, 0.15) is 41.2 Å². The number of hydrogen-bond acceptors (Lipinski definition) is 4. The number of amides is 1. The minimum Gasteiger partial charge on any atom is -0.339 e. The van der Waals surface area contributed by atoms with Gasteiger partial charge in [0.05, 0.1) is 16.2 Å². The van der Waals surface area contributed by atoms with Crippen molar-refractivity contribution in [3.63, 3.8) is 0 Å². The van der Waals surface area contributed by atoms with Crippen LogP contribution >= 0.6 is 27.3 Å². The smallest absolute Gasteiger partial charge is 0.271 e. The second-order valence-electron chi connectivity index (χ2n) is 4.67. The molecule has 1 fully saturated rings. The fraction of sp³-hybridized carbons (Fsp3) is 0.417. The third-order valence-electron chi connectivity index (χ3n) is 3.47. The zero-order valence-electron chi connectivity index (χ0n) is 10.1. The molecule has 1 aliphatic rings. The maximum absolute atomic E-state index is 12.3. The Balaban J connectivity index is 1.87. The second kappa shape index (κ2) is 5.05. The molecular weight excluding hydrogens is 328 g/mol. The lowest BCUT2D eigenvalue weighted by Crippen LogP contribution is -2.44. The van der Waals surface area contributed by atoms with Gasteiger partial charge in [-0.25, -0.2) is 4.98 Å². The Labute approximate surface area is 123 Å². The molecule has 1 aliphatic carbocycles. The van der Waals surface area contributed by atoms with E-state index in [2.05, 4.69) is 36.4 Å². The molecule has 1 amide bonds. The lowest BCUT2D eigenvalue weighted by molar-refractivity contribution is 0.0892. The predicted molar refractivity (Wildman–Crippen MR) is 76.0 cm³/mol. The Morgan fingerprint density at radius 1 is 1.47 bits per heavy atom. The molecule has 0 spiro atoms. The van der Waals surface area contributed by atoms with E-state index < -0.39 is 0 Å². The van der Waals surface area contributed by atoms with Crippen LogP contribution in [0.3, 0.4) is 0 Å². The van der Waals surface area contributed by atoms with E-state index in [9.17, 15) is 4.79 Å². The molecule has 2 aromatic heterocycles. The summed E-state index contributed by atoms with van der Waals surface area (Å²) >= 11 is 4.91. The lowest BCUT2D eigenvalue weighted by Gasteiger charge is -2.27. The van der Waals surface area contributed by atoms with Crippen molar-refractivity contribution in [1.29, 1.82) is 0 Å². The third kappa shape index (κ3) is 2.32. The van der Waals surface area contributed by atoms with Gasteiger partial charge in [0.15, 0.2) is 0 Å². The van der Waals surface area contributed by atoms with Crippen LogP contribution in [0.5, 0.6) is 0 Å². The number of hydrogen-bond donors (Lipinski definition) is 2. The van der Waals surface area contributed by atoms with E-state index in [1.54, 1.807) is 23.7 Å². The summed E-state index contributed by atoms with van der Waals surface area (Å²) in [6.45, 7) is 0. The molecule has 0 atom stereocenters. The van der Waals surface area contributed by atoms with Gasteiger partial charge in [-0.3, -0.25) is 9.89 Å². The van der Waals surface area contributed by atoms with Gasteiger partial charge in [0.2, 0.25) is 0 Å². The number of H-pyrrole nitrogens is 1. The van der Waals surface area contributed by atoms with Crippen molar-refractivity contribution in [2.75, 3.05) is 0 Å². The van der Waals surface area contributed by atoms with Crippen LogP contribution < -0.4 is 5.32 Å². The van der Waals surface area contributed by atoms with Crippen LogP contribution in [0.2, 0.25) is 0 Å². The summed E-state index contributed by atoms with van der Waals surface area (Å²) < 4.78 is 0.678. The fourth-order valence-corrected chi connectivity index (χ4v) is 3.77. The molecule has 2 N–H and O–H groups in total. The quantitative estimate of drug-likeness (QED) is 0.902. The van der Waals surface area contributed by atoms with Crippen molar-refractivity contribution in [1.82, 2.24) is 20.5 Å². The van der Waals surface area contributed by atoms with E-state index in [1.807, 2.05) is 5.38 Å². The second-order valence-corrected chi connectivity index (χ2v) is 6.42. The zero-order valence-corrected chi connectivity index (χ0v) is 12.6. The average Bonchev–Trinajstić information content (AvgIpc) is 3.08. The number of nitrogens with zero attached hydrogens (tertiary/aromatic N) is 2. The fourth-order valence-electron chi connectivity index (χ4n) is 2.54. The molecule has 0 unspecified atom stereocenters. The van der Waals surface area contributed by atoms with Gasteiger partial charge in [-0.1, -0.05) is 12.8 Å². The zero-order chi connectivity index (χ0) is 13.3. The van der Waals surface area contributed by atoms with Crippen molar-refractivity contribution >= 4 is 33.2 Å². The maximum atomic E-state index is 12.3. The topological polar surface area (TPSA) is 70.7 Å². The summed E-state index contributed by atoms with van der Waals surface area (Å²) in [4.78, 5) is 16.7. The van der Waals surface area contributed by atoms with Crippen LogP contribution in [-0.2, 0) is 5.54 Å². The summed E-state index contributed by atoms with van der Waals surface area (Å²) in [6.07, 6.45) is 7.49. The summed E-state index contributed by atoms with van der Waals surface area (Å²) in [5.41, 5.74) is 0.151. The molecule has 0 radical (unpaired) electrons. The van der Waals surface area contributed by atoms with Crippen LogP contribution in [0.25, 0.3) is 0 Å². The van der Waals surface area contributed by atoms with Gasteiger partial charge in [-0.05, 0) is 28.8 Å². The summed E-state index contributed by atoms with van der Waals surface area (Å²) in [5, 5.41) is 12.7. The number of carbonyl (C=O) groups is 1. The maximum Gasteiger partial charge on any atom is 0.271 e. The molecule has 5 nitrogen and oxygen atoms in total. The van der Waals surface area contributed by atoms with E-state index in [1.165, 1.54) is 0 Å². The molecular formula is C12H13BrN4OS. The molecule has 7 heteroatoms. The van der Waals surface area contributed by atoms with E-state index in [0.29, 0.717) is 10.2 Å². The first kappa shape index (κ1) is 12.8. The number of nitrogens with one attached hydrogen (secondary N) is 2. The minimum atomic E-state index is -0.310. The van der Waals surface area contributed by atoms with E-state index >= 15 is 0 Å². The molecule has 0 aromatic carbocycles. The van der Waals surface area contributed by atoms with Crippen molar-refractivity contribution < 1.29 is 4.79 Å². The number of aromatic nitrogens is 3. The van der Waals surface area contributed by atoms with Crippen LogP contribution in [0.4, 0.5) is 0 Å². The molecule has 0 saturated heterocycles. The molecule has 1 saturated carbocycles. The molecule has 19 heavy (non-hydrogen) atoms. The van der Waals surface area contributed by atoms with Gasteiger partial charge in [0.1, 0.15) is 10.7 Å². The van der Waals surface area contributed by atoms with Crippen LogP contribution in [0.15, 0.2) is 22.2 Å². The Bertz CT molecular complexity index is 574. The monoisotopic (exact) mass is 340 g/mol. The predicted octanol–water partition coefficient (Wildman–Crippen LogP) is 2.83. The van der Waals surface area contributed by atoms with Gasteiger partial charge in [0.25, 0.3) is 5.91 Å². The van der Waals surface area contributed by atoms with Gasteiger partial charge in [0, 0.05) is 11.6 Å². The first-order chi connectivity index (χ1) is 9.21. The Kier molecular flexibility index (Phi) is 3.40. The van der Waals surface area contributed by atoms with Crippen molar-refractivity contribution in [2.24, 2.45) is 0 Å². The Morgan fingerprint density at radius 3 is 2.84 bits per heavy atom. The SMILES string of the molecule is O=C(NC1(c2nccs2)CCCC1)c1[nH]ncc1Br. The van der Waals surface area contributed by atoms with E-state index in [4.69, 9.17) is 0 Å². The highest BCUT2D eigenvalue weighted by molar-refractivity contribution is 9.10. The van der Waals surface area contributed by atoms with Crippen molar-refractivity contribution in [3.8, 4) is 0 Å². The van der Waals surface area contributed by atoms with Gasteiger partial charge in [-0.2, -0.15) is 5.10 Å². The molecule has 2 aromatic rings. The summed E-state index contributed by atoms with van der Waals surface area (Å²) in [7, 11) is 0. The van der Waals surface area contributed by atoms with Crippen molar-refractivity contribution in [2.45, 2.75) is 31.2 Å². The Morgan fingerprint density at radius 2 is 2.26 bits per heavy atom. The highest BCUT2D eigenvalue weighted by Crippen LogP contribution is 2.39. The highest BCUT2D eigenvalue weighted by atomic mass is 79.9. The number of rotatable bonds is 3. The average molecular weight is 341 g/mol. The number of carbonyl (C=O) groups excluding carboxylic acids is 1. The number of aromatic amines is 1. The van der Waals surface area contributed by atoms with Crippen LogP contribution in [-0.4, -0.2) is 21.1 Å². The molecule has 100 valence electrons. The van der Waals surface area contributed by atoms with Gasteiger partial charge >= 0.3 is 0 Å². The van der Waals surface area contributed by atoms with Crippen LogP contribution in [0, 0.1) is 0 Å². The molecule has 2 heterocycles. The van der Waals surface area contributed by atoms with E-state index in [0.717, 1.165) is 30.7 Å². The third-order valence-corrected chi connectivity index (χ3v) is 5.05. The highest BCUT2D eigenvalue weighted by Gasteiger charge is 2.39. The molecule has 3 rings (SSSR count). The molecule has 0 bridgehead atoms. The Hall–Kier alpha value is -1.21. The first-order valence-electron chi connectivity index (χ1n) is 6.13. The molecule has 0 aliphatic heterocycles. The largest absolute Gasteiger partial charge is 0.339 e. The first-order valence-corrected chi connectivity index (χ1v) is 7.80.